The van der Waals surface area contributed by atoms with Crippen LogP contribution in [0, 0.1) is 0 Å². The summed E-state index contributed by atoms with van der Waals surface area (Å²) in [7, 11) is 0. The van der Waals surface area contributed by atoms with E-state index in [1.807, 2.05) is 24.4 Å². The van der Waals surface area contributed by atoms with Crippen molar-refractivity contribution in [2.24, 2.45) is 0 Å². The second-order valence-corrected chi connectivity index (χ2v) is 6.96. The molecule has 0 spiro atoms. The van der Waals surface area contributed by atoms with Gasteiger partial charge in [0.15, 0.2) is 5.82 Å². The summed E-state index contributed by atoms with van der Waals surface area (Å²) in [5, 5.41) is 10.4. The minimum atomic E-state index is -0.349. The van der Waals surface area contributed by atoms with E-state index in [4.69, 9.17) is 23.2 Å². The number of nitrogens with one attached hydrogen (secondary N) is 1. The largest absolute Gasteiger partial charge is 0.305 e. The number of amides is 1. The average molecular weight is 396 g/mol. The van der Waals surface area contributed by atoms with Gasteiger partial charge in [-0.25, -0.2) is 0 Å². The third-order valence-electron chi connectivity index (χ3n) is 4.27. The molecule has 1 heterocycles. The third-order valence-corrected chi connectivity index (χ3v) is 4.83. The van der Waals surface area contributed by atoms with Crippen molar-refractivity contribution in [3.63, 3.8) is 0 Å². The molecule has 0 aliphatic heterocycles. The van der Waals surface area contributed by atoms with Crippen LogP contribution in [0.15, 0.2) is 72.9 Å². The Bertz CT molecular complexity index is 1130. The van der Waals surface area contributed by atoms with Gasteiger partial charge in [0.1, 0.15) is 0 Å². The molecule has 1 amide bonds. The zero-order chi connectivity index (χ0) is 18.8. The van der Waals surface area contributed by atoms with Crippen molar-refractivity contribution in [1.29, 1.82) is 0 Å². The second kappa shape index (κ2) is 7.43. The lowest BCUT2D eigenvalue weighted by Crippen LogP contribution is -2.13. The van der Waals surface area contributed by atoms with E-state index in [9.17, 15) is 4.79 Å². The summed E-state index contributed by atoms with van der Waals surface area (Å²) in [4.78, 5) is 12.4. The molecule has 4 rings (SSSR count). The Morgan fingerprint density at radius 3 is 2.70 bits per heavy atom. The normalized spacial score (nSPS) is 10.9. The fraction of sp³-hybridized carbons (Fsp3) is 0.0476. The highest BCUT2D eigenvalue weighted by atomic mass is 35.5. The van der Waals surface area contributed by atoms with Crippen LogP contribution in [0.5, 0.6) is 0 Å². The Morgan fingerprint density at radius 2 is 1.81 bits per heavy atom. The highest BCUT2D eigenvalue weighted by Crippen LogP contribution is 2.22. The molecule has 0 fully saturated rings. The number of anilines is 1. The van der Waals surface area contributed by atoms with Gasteiger partial charge in [-0.2, -0.15) is 5.10 Å². The van der Waals surface area contributed by atoms with E-state index in [0.29, 0.717) is 28.0 Å². The molecule has 0 radical (unpaired) electrons. The van der Waals surface area contributed by atoms with Crippen molar-refractivity contribution >= 4 is 45.7 Å². The molecule has 4 nitrogen and oxygen atoms in total. The first kappa shape index (κ1) is 17.6. The van der Waals surface area contributed by atoms with Gasteiger partial charge in [0.25, 0.3) is 5.91 Å². The molecule has 0 bridgehead atoms. The highest BCUT2D eigenvalue weighted by molar-refractivity contribution is 6.36. The number of rotatable bonds is 4. The molecule has 0 saturated carbocycles. The van der Waals surface area contributed by atoms with E-state index < -0.39 is 0 Å². The van der Waals surface area contributed by atoms with Crippen LogP contribution in [-0.2, 0) is 6.54 Å². The Hall–Kier alpha value is -2.82. The van der Waals surface area contributed by atoms with Crippen molar-refractivity contribution in [1.82, 2.24) is 9.78 Å². The number of carbonyl (C=O) groups excluding carboxylic acids is 1. The lowest BCUT2D eigenvalue weighted by atomic mass is 10.0. The van der Waals surface area contributed by atoms with Gasteiger partial charge in [-0.3, -0.25) is 9.48 Å². The summed E-state index contributed by atoms with van der Waals surface area (Å²) >= 11 is 12.0. The zero-order valence-electron chi connectivity index (χ0n) is 14.2. The fourth-order valence-corrected chi connectivity index (χ4v) is 3.35. The molecular formula is C21H15Cl2N3O. The number of carbonyl (C=O) groups is 1. The molecule has 3 aromatic carbocycles. The van der Waals surface area contributed by atoms with Gasteiger partial charge in [0, 0.05) is 17.3 Å². The monoisotopic (exact) mass is 395 g/mol. The van der Waals surface area contributed by atoms with E-state index in [-0.39, 0.29) is 5.91 Å². The molecule has 27 heavy (non-hydrogen) atoms. The first-order valence-electron chi connectivity index (χ1n) is 8.37. The smallest absolute Gasteiger partial charge is 0.258 e. The van der Waals surface area contributed by atoms with Gasteiger partial charge < -0.3 is 5.32 Å². The standard InChI is InChI=1S/C21H15Cl2N3O/c22-16-8-9-19(23)18(12-16)21(27)24-20-10-11-26(25-20)13-15-6-3-5-14-4-1-2-7-17(14)15/h1-12H,13H2,(H,24,25,27). The summed E-state index contributed by atoms with van der Waals surface area (Å²) in [5.74, 6) is 0.106. The van der Waals surface area contributed by atoms with Crippen LogP contribution in [0.1, 0.15) is 15.9 Å². The van der Waals surface area contributed by atoms with Crippen molar-refractivity contribution in [3.05, 3.63) is 94.1 Å². The van der Waals surface area contributed by atoms with Crippen LogP contribution in [0.2, 0.25) is 10.0 Å². The predicted octanol–water partition coefficient (Wildman–Crippen LogP) is 5.64. The Morgan fingerprint density at radius 1 is 1.00 bits per heavy atom. The van der Waals surface area contributed by atoms with Crippen LogP contribution < -0.4 is 5.32 Å². The number of hydrogen-bond acceptors (Lipinski definition) is 2. The number of fused-ring (bicyclic) bond motifs is 1. The van der Waals surface area contributed by atoms with Gasteiger partial charge in [0.2, 0.25) is 0 Å². The molecule has 0 aliphatic carbocycles. The topological polar surface area (TPSA) is 46.9 Å². The molecule has 0 atom stereocenters. The van der Waals surface area contributed by atoms with Gasteiger partial charge >= 0.3 is 0 Å². The number of nitrogens with zero attached hydrogens (tertiary/aromatic N) is 2. The quantitative estimate of drug-likeness (QED) is 0.485. The molecular weight excluding hydrogens is 381 g/mol. The molecule has 0 unspecified atom stereocenters. The van der Waals surface area contributed by atoms with Crippen LogP contribution in [0.25, 0.3) is 10.8 Å². The molecule has 0 aliphatic rings. The zero-order valence-corrected chi connectivity index (χ0v) is 15.7. The first-order valence-corrected chi connectivity index (χ1v) is 9.12. The maximum Gasteiger partial charge on any atom is 0.258 e. The average Bonchev–Trinajstić information content (AvgIpc) is 3.11. The Balaban J connectivity index is 1.53. The fourth-order valence-electron chi connectivity index (χ4n) is 2.98. The highest BCUT2D eigenvalue weighted by Gasteiger charge is 2.13. The predicted molar refractivity (Wildman–Crippen MR) is 110 cm³/mol. The summed E-state index contributed by atoms with van der Waals surface area (Å²) in [6.07, 6.45) is 1.83. The Kier molecular flexibility index (Phi) is 4.84. The SMILES string of the molecule is O=C(Nc1ccn(Cc2cccc3ccccc23)n1)c1cc(Cl)ccc1Cl. The molecule has 0 saturated heterocycles. The number of aromatic nitrogens is 2. The Labute approximate surface area is 166 Å². The summed E-state index contributed by atoms with van der Waals surface area (Å²) < 4.78 is 1.79. The first-order chi connectivity index (χ1) is 13.1. The van der Waals surface area contributed by atoms with E-state index >= 15 is 0 Å². The van der Waals surface area contributed by atoms with Crippen LogP contribution >= 0.6 is 23.2 Å². The van der Waals surface area contributed by atoms with Crippen molar-refractivity contribution < 1.29 is 4.79 Å². The number of hydrogen-bond donors (Lipinski definition) is 1. The van der Waals surface area contributed by atoms with Crippen LogP contribution in [0.4, 0.5) is 5.82 Å². The van der Waals surface area contributed by atoms with Crippen molar-refractivity contribution in [2.45, 2.75) is 6.54 Å². The molecule has 4 aromatic rings. The van der Waals surface area contributed by atoms with Crippen LogP contribution in [-0.4, -0.2) is 15.7 Å². The summed E-state index contributed by atoms with van der Waals surface area (Å²) in [5.41, 5.74) is 1.47. The molecule has 6 heteroatoms. The van der Waals surface area contributed by atoms with E-state index in [2.05, 4.69) is 34.7 Å². The van der Waals surface area contributed by atoms with E-state index in [1.165, 1.54) is 16.8 Å². The summed E-state index contributed by atoms with van der Waals surface area (Å²) in [6, 6.07) is 20.9. The minimum Gasteiger partial charge on any atom is -0.305 e. The number of halogens is 2. The van der Waals surface area contributed by atoms with Gasteiger partial charge in [-0.1, -0.05) is 65.7 Å². The molecule has 134 valence electrons. The van der Waals surface area contributed by atoms with Crippen molar-refractivity contribution in [3.8, 4) is 0 Å². The van der Waals surface area contributed by atoms with E-state index in [1.54, 1.807) is 22.9 Å². The van der Waals surface area contributed by atoms with Gasteiger partial charge in [-0.15, -0.1) is 0 Å². The van der Waals surface area contributed by atoms with Gasteiger partial charge in [0.05, 0.1) is 17.1 Å². The lowest BCUT2D eigenvalue weighted by molar-refractivity contribution is 0.102. The summed E-state index contributed by atoms with van der Waals surface area (Å²) in [6.45, 7) is 0.606. The maximum atomic E-state index is 12.4. The van der Waals surface area contributed by atoms with Crippen LogP contribution in [0.3, 0.4) is 0 Å². The van der Waals surface area contributed by atoms with Crippen molar-refractivity contribution in [2.75, 3.05) is 5.32 Å². The lowest BCUT2D eigenvalue weighted by Gasteiger charge is -2.07. The minimum absolute atomic E-state index is 0.313. The second-order valence-electron chi connectivity index (χ2n) is 6.12. The maximum absolute atomic E-state index is 12.4. The number of benzene rings is 3. The van der Waals surface area contributed by atoms with Gasteiger partial charge in [-0.05, 0) is 34.5 Å². The molecule has 1 N–H and O–H groups in total. The molecule has 1 aromatic heterocycles. The third kappa shape index (κ3) is 3.82. The van der Waals surface area contributed by atoms with E-state index in [0.717, 1.165) is 5.56 Å².